The molecular weight excluding hydrogens is 491 g/mol. The topological polar surface area (TPSA) is 66.7 Å². The lowest BCUT2D eigenvalue weighted by Crippen LogP contribution is -2.53. The molecule has 1 aliphatic rings. The van der Waals surface area contributed by atoms with Crippen molar-refractivity contribution in [3.63, 3.8) is 0 Å². The fraction of sp³-hybridized carbons (Fsp3) is 0.545. The third-order valence-corrected chi connectivity index (χ3v) is 5.45. The summed E-state index contributed by atoms with van der Waals surface area (Å²) in [5, 5.41) is 11.5. The number of aliphatic imine (C=N–C) groups is 1. The first-order valence-electron chi connectivity index (χ1n) is 10.4. The molecule has 3 rings (SSSR count). The minimum Gasteiger partial charge on any atom is -0.379 e. The Balaban J connectivity index is 0.00000320. The summed E-state index contributed by atoms with van der Waals surface area (Å²) in [4.78, 5) is 6.88. The van der Waals surface area contributed by atoms with Gasteiger partial charge in [0.1, 0.15) is 0 Å². The minimum atomic E-state index is 0. The highest BCUT2D eigenvalue weighted by molar-refractivity contribution is 14.0. The molecule has 1 fully saturated rings. The summed E-state index contributed by atoms with van der Waals surface area (Å²) in [5.41, 5.74) is 4.42. The van der Waals surface area contributed by atoms with E-state index in [2.05, 4.69) is 70.7 Å². The molecule has 2 heterocycles. The molecule has 0 spiro atoms. The summed E-state index contributed by atoms with van der Waals surface area (Å²) in [6, 6.07) is 11.3. The molecule has 1 aromatic carbocycles. The number of halogens is 1. The summed E-state index contributed by atoms with van der Waals surface area (Å²) in [6.07, 6.45) is 0. The third-order valence-electron chi connectivity index (χ3n) is 5.45. The number of hydrogen-bond donors (Lipinski definition) is 2. The van der Waals surface area contributed by atoms with E-state index in [1.807, 2.05) is 24.7 Å². The van der Waals surface area contributed by atoms with Crippen molar-refractivity contribution in [2.45, 2.75) is 46.3 Å². The van der Waals surface area contributed by atoms with Crippen molar-refractivity contribution >= 4 is 29.9 Å². The van der Waals surface area contributed by atoms with E-state index in [1.54, 1.807) is 0 Å². The van der Waals surface area contributed by atoms with Crippen LogP contribution in [0.15, 0.2) is 35.3 Å². The Morgan fingerprint density at radius 2 is 2.07 bits per heavy atom. The van der Waals surface area contributed by atoms with Crippen molar-refractivity contribution in [1.82, 2.24) is 25.3 Å². The molecule has 0 bridgehead atoms. The van der Waals surface area contributed by atoms with Crippen LogP contribution in [0, 0.1) is 13.8 Å². The summed E-state index contributed by atoms with van der Waals surface area (Å²) < 4.78 is 7.55. The van der Waals surface area contributed by atoms with Crippen LogP contribution < -0.4 is 10.6 Å². The third kappa shape index (κ3) is 6.18. The highest BCUT2D eigenvalue weighted by Gasteiger charge is 2.23. The molecule has 1 saturated heterocycles. The monoisotopic (exact) mass is 526 g/mol. The molecule has 0 aliphatic carbocycles. The maximum atomic E-state index is 5.55. The van der Waals surface area contributed by atoms with Crippen molar-refractivity contribution < 1.29 is 4.74 Å². The van der Waals surface area contributed by atoms with Crippen molar-refractivity contribution in [3.05, 3.63) is 47.3 Å². The van der Waals surface area contributed by atoms with Crippen molar-refractivity contribution in [3.8, 4) is 5.69 Å². The van der Waals surface area contributed by atoms with Gasteiger partial charge in [-0.1, -0.05) is 18.2 Å². The Morgan fingerprint density at radius 1 is 1.30 bits per heavy atom. The van der Waals surface area contributed by atoms with Crippen LogP contribution in [-0.4, -0.2) is 66.1 Å². The molecule has 30 heavy (non-hydrogen) atoms. The van der Waals surface area contributed by atoms with Crippen molar-refractivity contribution in [1.29, 1.82) is 0 Å². The minimum absolute atomic E-state index is 0. The van der Waals surface area contributed by atoms with Crippen LogP contribution in [0.1, 0.15) is 30.8 Å². The standard InChI is InChI=1S/C22H34N6O.HI/c1-16-12-17(2)28(26-16)21-9-7-6-8-20(21)14-25-22(23-5)24-13-18(3)27-10-11-29-15-19(27)4;/h6-9,12,18-19H,10-11,13-15H2,1-5H3,(H2,23,24,25);1H. The molecule has 166 valence electrons. The first kappa shape index (κ1) is 24.6. The number of aryl methyl sites for hydroxylation is 2. The summed E-state index contributed by atoms with van der Waals surface area (Å²) >= 11 is 0. The molecule has 0 amide bonds. The predicted molar refractivity (Wildman–Crippen MR) is 133 cm³/mol. The zero-order valence-electron chi connectivity index (χ0n) is 18.7. The Labute approximate surface area is 197 Å². The lowest BCUT2D eigenvalue weighted by atomic mass is 10.1. The zero-order chi connectivity index (χ0) is 20.8. The van der Waals surface area contributed by atoms with Crippen LogP contribution in [0.4, 0.5) is 0 Å². The van der Waals surface area contributed by atoms with Gasteiger partial charge in [-0.25, -0.2) is 4.68 Å². The SMILES string of the molecule is CN=C(NCc1ccccc1-n1nc(C)cc1C)NCC(C)N1CCOCC1C.I. The summed E-state index contributed by atoms with van der Waals surface area (Å²) in [7, 11) is 1.81. The number of rotatable bonds is 6. The summed E-state index contributed by atoms with van der Waals surface area (Å²) in [5.74, 6) is 0.806. The second-order valence-electron chi connectivity index (χ2n) is 7.79. The molecule has 8 heteroatoms. The van der Waals surface area contributed by atoms with Gasteiger partial charge < -0.3 is 15.4 Å². The number of nitrogens with zero attached hydrogens (tertiary/aromatic N) is 4. The molecular formula is C22H35IN6O. The van der Waals surface area contributed by atoms with E-state index in [-0.39, 0.29) is 24.0 Å². The van der Waals surface area contributed by atoms with Crippen LogP contribution >= 0.6 is 24.0 Å². The maximum absolute atomic E-state index is 5.55. The molecule has 1 aromatic heterocycles. The fourth-order valence-corrected chi connectivity index (χ4v) is 3.90. The number of morpholine rings is 1. The number of benzene rings is 1. The Hall–Kier alpha value is -1.65. The zero-order valence-corrected chi connectivity index (χ0v) is 21.0. The number of guanidine groups is 1. The molecule has 2 unspecified atom stereocenters. The largest absolute Gasteiger partial charge is 0.379 e. The number of ether oxygens (including phenoxy) is 1. The van der Waals surface area contributed by atoms with Gasteiger partial charge in [-0.05, 0) is 45.4 Å². The van der Waals surface area contributed by atoms with E-state index >= 15 is 0 Å². The fourth-order valence-electron chi connectivity index (χ4n) is 3.90. The first-order chi connectivity index (χ1) is 14.0. The molecule has 2 N–H and O–H groups in total. The molecule has 2 aromatic rings. The Morgan fingerprint density at radius 3 is 2.73 bits per heavy atom. The van der Waals surface area contributed by atoms with Gasteiger partial charge in [0.2, 0.25) is 0 Å². The highest BCUT2D eigenvalue weighted by Crippen LogP contribution is 2.17. The molecule has 1 aliphatic heterocycles. The smallest absolute Gasteiger partial charge is 0.191 e. The highest BCUT2D eigenvalue weighted by atomic mass is 127. The van der Waals surface area contributed by atoms with Crippen molar-refractivity contribution in [2.24, 2.45) is 4.99 Å². The molecule has 7 nitrogen and oxygen atoms in total. The maximum Gasteiger partial charge on any atom is 0.191 e. The molecule has 0 radical (unpaired) electrons. The van der Waals surface area contributed by atoms with Gasteiger partial charge >= 0.3 is 0 Å². The van der Waals surface area contributed by atoms with Crippen LogP contribution in [-0.2, 0) is 11.3 Å². The predicted octanol–water partition coefficient (Wildman–Crippen LogP) is 2.88. The van der Waals surface area contributed by atoms with E-state index in [4.69, 9.17) is 4.74 Å². The Bertz CT molecular complexity index is 837. The average Bonchev–Trinajstić information content (AvgIpc) is 3.06. The second-order valence-corrected chi connectivity index (χ2v) is 7.79. The number of hydrogen-bond acceptors (Lipinski definition) is 4. The van der Waals surface area contributed by atoms with E-state index < -0.39 is 0 Å². The van der Waals surface area contributed by atoms with E-state index in [0.29, 0.717) is 18.6 Å². The lowest BCUT2D eigenvalue weighted by molar-refractivity contribution is -0.0174. The average molecular weight is 526 g/mol. The second kappa shape index (κ2) is 11.7. The number of aromatic nitrogens is 2. The molecule has 0 saturated carbocycles. The first-order valence-corrected chi connectivity index (χ1v) is 10.4. The van der Waals surface area contributed by atoms with E-state index in [0.717, 1.165) is 49.3 Å². The van der Waals surface area contributed by atoms with Crippen molar-refractivity contribution in [2.75, 3.05) is 33.4 Å². The van der Waals surface area contributed by atoms with Gasteiger partial charge in [-0.3, -0.25) is 9.89 Å². The van der Waals surface area contributed by atoms with Crippen LogP contribution in [0.25, 0.3) is 5.69 Å². The van der Waals surface area contributed by atoms with E-state index in [1.165, 1.54) is 5.56 Å². The van der Waals surface area contributed by atoms with E-state index in [9.17, 15) is 0 Å². The van der Waals surface area contributed by atoms with Gasteiger partial charge in [0.05, 0.1) is 24.6 Å². The van der Waals surface area contributed by atoms with Crippen LogP contribution in [0.2, 0.25) is 0 Å². The number of para-hydroxylation sites is 1. The van der Waals surface area contributed by atoms with Crippen LogP contribution in [0.3, 0.4) is 0 Å². The van der Waals surface area contributed by atoms with Gasteiger partial charge in [0, 0.05) is 44.5 Å². The van der Waals surface area contributed by atoms with Gasteiger partial charge in [-0.2, -0.15) is 5.10 Å². The number of nitrogens with one attached hydrogen (secondary N) is 2. The summed E-state index contributed by atoms with van der Waals surface area (Å²) in [6.45, 7) is 12.7. The van der Waals surface area contributed by atoms with Crippen LogP contribution in [0.5, 0.6) is 0 Å². The van der Waals surface area contributed by atoms with Gasteiger partial charge in [-0.15, -0.1) is 24.0 Å². The van der Waals surface area contributed by atoms with Gasteiger partial charge in [0.25, 0.3) is 0 Å². The quantitative estimate of drug-likeness (QED) is 0.345. The van der Waals surface area contributed by atoms with Gasteiger partial charge in [0.15, 0.2) is 5.96 Å². The lowest BCUT2D eigenvalue weighted by Gasteiger charge is -2.38. The normalized spacial score (nSPS) is 18.6. The Kier molecular flexibility index (Phi) is 9.57. The molecule has 2 atom stereocenters.